The third-order valence-electron chi connectivity index (χ3n) is 9.85. The lowest BCUT2D eigenvalue weighted by Crippen LogP contribution is -2.58. The summed E-state index contributed by atoms with van der Waals surface area (Å²) in [5.74, 6) is -12.7. The van der Waals surface area contributed by atoms with Crippen molar-refractivity contribution >= 4 is 92.9 Å². The van der Waals surface area contributed by atoms with Crippen LogP contribution in [0.3, 0.4) is 0 Å². The second-order valence-corrected chi connectivity index (χ2v) is 18.0. The van der Waals surface area contributed by atoms with Gasteiger partial charge in [-0.15, -0.1) is 0 Å². The van der Waals surface area contributed by atoms with Crippen LogP contribution in [0.1, 0.15) is 49.7 Å². The molecule has 0 saturated heterocycles. The summed E-state index contributed by atoms with van der Waals surface area (Å²) < 4.78 is 0. The predicted molar refractivity (Wildman–Crippen MR) is 253 cm³/mol. The highest BCUT2D eigenvalue weighted by atomic mass is 33.1. The molecule has 0 bridgehead atoms. The molecule has 0 saturated carbocycles. The van der Waals surface area contributed by atoms with E-state index in [1.54, 1.807) is 66.9 Å². The highest BCUT2D eigenvalue weighted by Gasteiger charge is 2.32. The Kier molecular flexibility index (Phi) is 26.6. The minimum Gasteiger partial charge on any atom is -0.481 e. The first-order valence-corrected chi connectivity index (χ1v) is 24.3. The summed E-state index contributed by atoms with van der Waals surface area (Å²) in [5, 5.41) is 64.9. The number of carboxylic acids is 5. The highest BCUT2D eigenvalue weighted by molar-refractivity contribution is 8.76. The SMILES string of the molecule is CSSC[C@@H](NC(=O)[C@H](CC(=O)O)NC(=O)[C@@H](N)CNC(=O)[C@H](Cc1ccccc1)NC(=O)[C@H](Cc1ccccc1)NC(=O)CCNC(=O)CC[C@H](NC(=O)N[C@@H](CCC(=O)O)C(=O)O)C(=O)O)C(=O)O. The molecule has 2 aromatic carbocycles. The van der Waals surface area contributed by atoms with E-state index in [1.807, 2.05) is 10.6 Å². The van der Waals surface area contributed by atoms with Gasteiger partial charge in [0.25, 0.3) is 0 Å². The van der Waals surface area contributed by atoms with Gasteiger partial charge < -0.3 is 73.8 Å². The van der Waals surface area contributed by atoms with E-state index < -0.39 is 152 Å². The normalized spacial score (nSPS) is 13.7. The molecule has 2 rings (SSSR count). The summed E-state index contributed by atoms with van der Waals surface area (Å²) in [4.78, 5) is 149. The smallest absolute Gasteiger partial charge is 0.327 e. The van der Waals surface area contributed by atoms with Crippen LogP contribution in [0.2, 0.25) is 0 Å². The summed E-state index contributed by atoms with van der Waals surface area (Å²) in [6, 6.07) is 4.94. The number of carbonyl (C=O) groups excluding carboxylic acids is 7. The summed E-state index contributed by atoms with van der Waals surface area (Å²) >= 11 is 0. The summed E-state index contributed by atoms with van der Waals surface area (Å²) in [5.41, 5.74) is 7.21. The number of carbonyl (C=O) groups is 12. The number of hydrogen-bond acceptors (Lipinski definition) is 15. The summed E-state index contributed by atoms with van der Waals surface area (Å²) in [7, 11) is 2.35. The van der Waals surface area contributed by atoms with Crippen molar-refractivity contribution in [2.24, 2.45) is 5.73 Å². The fourth-order valence-corrected chi connectivity index (χ4v) is 7.46. The van der Waals surface area contributed by atoms with Crippen LogP contribution >= 0.6 is 21.6 Å². The first-order chi connectivity index (χ1) is 33.6. The lowest BCUT2D eigenvalue weighted by Gasteiger charge is -2.24. The van der Waals surface area contributed by atoms with Crippen LogP contribution in [0.15, 0.2) is 60.7 Å². The monoisotopic (exact) mass is 1040 g/mol. The first-order valence-electron chi connectivity index (χ1n) is 21.5. The quantitative estimate of drug-likeness (QED) is 0.0337. The molecule has 26 nitrogen and oxygen atoms in total. The maximum absolute atomic E-state index is 14.0. The summed E-state index contributed by atoms with van der Waals surface area (Å²) in [6.07, 6.45) is -1.84. The lowest BCUT2D eigenvalue weighted by atomic mass is 10.0. The maximum atomic E-state index is 14.0. The van der Waals surface area contributed by atoms with E-state index in [1.165, 1.54) is 10.8 Å². The average Bonchev–Trinajstić information content (AvgIpc) is 3.31. The number of nitrogens with one attached hydrogen (secondary N) is 8. The van der Waals surface area contributed by atoms with E-state index >= 15 is 0 Å². The number of aliphatic carboxylic acids is 5. The van der Waals surface area contributed by atoms with Crippen molar-refractivity contribution in [3.05, 3.63) is 71.8 Å². The van der Waals surface area contributed by atoms with Crippen LogP contribution in [-0.2, 0) is 65.6 Å². The standard InChI is InChI=1S/C43H57N9O17S2/c1-70-71-22-31(42(67)68)50-39(62)30(20-35(57)58)48-36(59)25(44)21-46-37(60)28(18-23-8-4-2-5-9-23)49-38(61)29(19-24-10-6-3-7-11-24)47-33(54)16-17-45-32(53)14-12-26(40(63)64)51-43(69)52-27(41(65)66)13-15-34(55)56/h2-11,25-31H,12-22,44H2,1H3,(H,45,53)(H,46,60)(H,47,54)(H,48,59)(H,49,61)(H,50,62)(H,55,56)(H,57,58)(H,63,64)(H,65,66)(H,67,68)(H2,51,52,69)/t25-,26-,27-,28-,29-,30-,31+/m0/s1. The van der Waals surface area contributed by atoms with Crippen LogP contribution < -0.4 is 48.3 Å². The number of carboxylic acid groups (broad SMARTS) is 5. The fraction of sp³-hybridized carbons (Fsp3) is 0.442. The number of rotatable bonds is 33. The second kappa shape index (κ2) is 31.6. The van der Waals surface area contributed by atoms with Gasteiger partial charge in [-0.25, -0.2) is 19.2 Å². The number of hydrogen-bond donors (Lipinski definition) is 14. The fourth-order valence-electron chi connectivity index (χ4n) is 6.15. The minimum atomic E-state index is -1.75. The van der Waals surface area contributed by atoms with E-state index in [4.69, 9.17) is 10.8 Å². The Hall–Kier alpha value is -7.46. The topological polar surface area (TPSA) is 428 Å². The van der Waals surface area contributed by atoms with Gasteiger partial charge >= 0.3 is 35.9 Å². The Morgan fingerprint density at radius 3 is 1.48 bits per heavy atom. The summed E-state index contributed by atoms with van der Waals surface area (Å²) in [6.45, 7) is -0.883. The van der Waals surface area contributed by atoms with E-state index in [9.17, 15) is 78.0 Å². The molecule has 0 aromatic heterocycles. The highest BCUT2D eigenvalue weighted by Crippen LogP contribution is 2.18. The van der Waals surface area contributed by atoms with Crippen LogP contribution in [-0.4, -0.2) is 164 Å². The van der Waals surface area contributed by atoms with Crippen molar-refractivity contribution in [3.63, 3.8) is 0 Å². The number of nitrogens with two attached hydrogens (primary N) is 1. The molecule has 0 unspecified atom stereocenters. The Bertz CT molecular complexity index is 2190. The van der Waals surface area contributed by atoms with Gasteiger partial charge in [-0.05, 0) is 30.2 Å². The second-order valence-electron chi connectivity index (χ2n) is 15.4. The third kappa shape index (κ3) is 24.1. The van der Waals surface area contributed by atoms with Crippen LogP contribution in [0.25, 0.3) is 0 Å². The van der Waals surface area contributed by atoms with Gasteiger partial charge in [-0.1, -0.05) is 82.3 Å². The van der Waals surface area contributed by atoms with Crippen molar-refractivity contribution < 1.29 is 83.1 Å². The molecule has 15 N–H and O–H groups in total. The third-order valence-corrected chi connectivity index (χ3v) is 11.7. The molecule has 0 aliphatic carbocycles. The molecule has 0 radical (unpaired) electrons. The van der Waals surface area contributed by atoms with Crippen molar-refractivity contribution in [3.8, 4) is 0 Å². The van der Waals surface area contributed by atoms with Crippen molar-refractivity contribution in [2.45, 2.75) is 93.7 Å². The Morgan fingerprint density at radius 1 is 0.507 bits per heavy atom. The van der Waals surface area contributed by atoms with Gasteiger partial charge in [0.15, 0.2) is 0 Å². The van der Waals surface area contributed by atoms with Gasteiger partial charge in [0.05, 0.1) is 6.42 Å². The molecular weight excluding hydrogens is 979 g/mol. The zero-order valence-electron chi connectivity index (χ0n) is 38.1. The zero-order chi connectivity index (χ0) is 53.0. The maximum Gasteiger partial charge on any atom is 0.327 e. The van der Waals surface area contributed by atoms with E-state index in [0.29, 0.717) is 11.1 Å². The van der Waals surface area contributed by atoms with E-state index in [2.05, 4.69) is 31.9 Å². The van der Waals surface area contributed by atoms with Crippen LogP contribution in [0, 0.1) is 0 Å². The molecule has 2 aromatic rings. The first kappa shape index (κ1) is 59.7. The van der Waals surface area contributed by atoms with Crippen molar-refractivity contribution in [1.29, 1.82) is 0 Å². The average molecular weight is 1040 g/mol. The van der Waals surface area contributed by atoms with Crippen LogP contribution in [0.4, 0.5) is 4.79 Å². The number of amides is 8. The molecule has 0 spiro atoms. The van der Waals surface area contributed by atoms with Gasteiger partial charge in [0.1, 0.15) is 42.3 Å². The molecule has 0 aliphatic heterocycles. The molecule has 0 heterocycles. The van der Waals surface area contributed by atoms with Gasteiger partial charge in [0.2, 0.25) is 35.4 Å². The predicted octanol–water partition coefficient (Wildman–Crippen LogP) is -2.22. The molecule has 28 heteroatoms. The van der Waals surface area contributed by atoms with Crippen molar-refractivity contribution in [2.75, 3.05) is 25.1 Å². The Labute approximate surface area is 413 Å². The Morgan fingerprint density at radius 2 is 0.986 bits per heavy atom. The molecule has 7 atom stereocenters. The Balaban J connectivity index is 2.13. The largest absolute Gasteiger partial charge is 0.481 e. The molecule has 0 aliphatic rings. The molecule has 0 fully saturated rings. The van der Waals surface area contributed by atoms with Crippen LogP contribution in [0.5, 0.6) is 0 Å². The number of benzene rings is 2. The number of urea groups is 1. The molecule has 71 heavy (non-hydrogen) atoms. The van der Waals surface area contributed by atoms with E-state index in [0.717, 1.165) is 10.8 Å². The molecule has 8 amide bonds. The van der Waals surface area contributed by atoms with Gasteiger partial charge in [-0.2, -0.15) is 0 Å². The molecular formula is C43H57N9O17S2. The van der Waals surface area contributed by atoms with Gasteiger partial charge in [0, 0.05) is 50.9 Å². The van der Waals surface area contributed by atoms with Crippen molar-refractivity contribution in [1.82, 2.24) is 42.5 Å². The molecule has 388 valence electrons. The minimum absolute atomic E-state index is 0.0731. The van der Waals surface area contributed by atoms with Gasteiger partial charge in [-0.3, -0.25) is 38.4 Å². The zero-order valence-corrected chi connectivity index (χ0v) is 39.8. The lowest BCUT2D eigenvalue weighted by molar-refractivity contribution is -0.143. The van der Waals surface area contributed by atoms with E-state index in [-0.39, 0.29) is 31.6 Å².